The number of nitrogens with one attached hydrogen (secondary N) is 1. The molecule has 1 aromatic rings. The molecule has 5 atom stereocenters. The topological polar surface area (TPSA) is 47.6 Å². The van der Waals surface area contributed by atoms with E-state index in [1.807, 2.05) is 0 Å². The monoisotopic (exact) mass is 349 g/mol. The quantitative estimate of drug-likeness (QED) is 0.897. The van der Waals surface area contributed by atoms with E-state index in [2.05, 4.69) is 19.2 Å². The lowest BCUT2D eigenvalue weighted by molar-refractivity contribution is -0.153. The van der Waals surface area contributed by atoms with E-state index in [0.717, 1.165) is 19.3 Å². The number of methoxy groups -OCH3 is 1. The van der Waals surface area contributed by atoms with E-state index in [0.29, 0.717) is 23.7 Å². The van der Waals surface area contributed by atoms with Gasteiger partial charge < -0.3 is 14.8 Å². The van der Waals surface area contributed by atoms with Crippen molar-refractivity contribution in [2.24, 2.45) is 11.8 Å². The standard InChI is InChI=1S/C20H28FNO3/c1-12-5-8-16-18(9-12)25-19(11-20(16,3)22-13(2)23)15-7-6-14(24-4)10-17(15)21/h6-7,10,12,16,18-19H,5,8-9,11H2,1-4H3,(H,22,23)/t12-,16-,18-,19-,20-/m1/s1. The molecule has 0 unspecified atom stereocenters. The molecular formula is C20H28FNO3. The van der Waals surface area contributed by atoms with Crippen LogP contribution >= 0.6 is 0 Å². The Kier molecular flexibility index (Phi) is 5.05. The van der Waals surface area contributed by atoms with Crippen molar-refractivity contribution < 1.29 is 18.7 Å². The number of carbonyl (C=O) groups excluding carboxylic acids is 1. The molecule has 2 fully saturated rings. The van der Waals surface area contributed by atoms with E-state index >= 15 is 0 Å². The van der Waals surface area contributed by atoms with Gasteiger partial charge in [-0.15, -0.1) is 0 Å². The van der Waals surface area contributed by atoms with Crippen molar-refractivity contribution in [3.63, 3.8) is 0 Å². The van der Waals surface area contributed by atoms with E-state index in [1.165, 1.54) is 13.2 Å². The largest absolute Gasteiger partial charge is 0.497 e. The van der Waals surface area contributed by atoms with Gasteiger partial charge in [-0.2, -0.15) is 0 Å². The van der Waals surface area contributed by atoms with E-state index in [9.17, 15) is 9.18 Å². The second-order valence-corrected chi connectivity index (χ2v) is 7.88. The minimum Gasteiger partial charge on any atom is -0.497 e. The summed E-state index contributed by atoms with van der Waals surface area (Å²) in [5.74, 6) is 0.978. The summed E-state index contributed by atoms with van der Waals surface area (Å²) in [5.41, 5.74) is 0.153. The van der Waals surface area contributed by atoms with Gasteiger partial charge in [0.25, 0.3) is 0 Å². The third-order valence-electron chi connectivity index (χ3n) is 5.84. The molecule has 1 aliphatic heterocycles. The lowest BCUT2D eigenvalue weighted by Crippen LogP contribution is -2.60. The Labute approximate surface area is 149 Å². The summed E-state index contributed by atoms with van der Waals surface area (Å²) in [4.78, 5) is 11.8. The minimum absolute atomic E-state index is 0.0425. The number of hydrogen-bond donors (Lipinski definition) is 1. The summed E-state index contributed by atoms with van der Waals surface area (Å²) in [6, 6.07) is 4.89. The molecule has 1 amide bonds. The molecule has 2 aliphatic rings. The van der Waals surface area contributed by atoms with Crippen molar-refractivity contribution in [2.45, 2.75) is 64.2 Å². The zero-order valence-electron chi connectivity index (χ0n) is 15.5. The Morgan fingerprint density at radius 3 is 2.80 bits per heavy atom. The average Bonchev–Trinajstić information content (AvgIpc) is 2.53. The molecule has 0 spiro atoms. The fourth-order valence-corrected chi connectivity index (χ4v) is 4.63. The average molecular weight is 349 g/mol. The second kappa shape index (κ2) is 6.94. The van der Waals surface area contributed by atoms with Crippen LogP contribution in [0, 0.1) is 17.7 Å². The zero-order valence-corrected chi connectivity index (χ0v) is 15.5. The van der Waals surface area contributed by atoms with Crippen LogP contribution in [0.15, 0.2) is 18.2 Å². The van der Waals surface area contributed by atoms with Gasteiger partial charge in [0, 0.05) is 36.4 Å². The first-order valence-corrected chi connectivity index (χ1v) is 9.10. The Morgan fingerprint density at radius 2 is 2.16 bits per heavy atom. The summed E-state index contributed by atoms with van der Waals surface area (Å²) in [6.45, 7) is 5.86. The first kappa shape index (κ1) is 18.2. The van der Waals surface area contributed by atoms with E-state index < -0.39 is 0 Å². The van der Waals surface area contributed by atoms with Gasteiger partial charge in [0.2, 0.25) is 5.91 Å². The molecule has 25 heavy (non-hydrogen) atoms. The Bertz CT molecular complexity index is 650. The molecule has 1 saturated heterocycles. The highest BCUT2D eigenvalue weighted by Gasteiger charge is 2.49. The Hall–Kier alpha value is -1.62. The molecule has 1 aromatic carbocycles. The third kappa shape index (κ3) is 3.66. The van der Waals surface area contributed by atoms with Gasteiger partial charge in [-0.3, -0.25) is 4.79 Å². The van der Waals surface area contributed by atoms with Crippen LogP contribution in [0.4, 0.5) is 4.39 Å². The summed E-state index contributed by atoms with van der Waals surface area (Å²) in [5, 5.41) is 3.15. The van der Waals surface area contributed by atoms with Gasteiger partial charge in [0.05, 0.1) is 19.3 Å². The van der Waals surface area contributed by atoms with Gasteiger partial charge in [0.1, 0.15) is 11.6 Å². The molecular weight excluding hydrogens is 321 g/mol. The maximum atomic E-state index is 14.6. The molecule has 3 rings (SSSR count). The lowest BCUT2D eigenvalue weighted by atomic mass is 9.66. The second-order valence-electron chi connectivity index (χ2n) is 7.88. The molecule has 1 saturated carbocycles. The van der Waals surface area contributed by atoms with Crippen molar-refractivity contribution in [2.75, 3.05) is 7.11 Å². The maximum absolute atomic E-state index is 14.6. The van der Waals surface area contributed by atoms with Crippen molar-refractivity contribution in [1.82, 2.24) is 5.32 Å². The maximum Gasteiger partial charge on any atom is 0.217 e. The molecule has 4 nitrogen and oxygen atoms in total. The summed E-state index contributed by atoms with van der Waals surface area (Å²) < 4.78 is 26.0. The predicted octanol–water partition coefficient (Wildman–Crippen LogP) is 4.00. The number of carbonyl (C=O) groups is 1. The van der Waals surface area contributed by atoms with Crippen LogP contribution in [0.3, 0.4) is 0 Å². The van der Waals surface area contributed by atoms with E-state index in [4.69, 9.17) is 9.47 Å². The van der Waals surface area contributed by atoms with Crippen molar-refractivity contribution in [1.29, 1.82) is 0 Å². The summed E-state index contributed by atoms with van der Waals surface area (Å²) >= 11 is 0. The number of benzene rings is 1. The Balaban J connectivity index is 1.92. The molecule has 0 bridgehead atoms. The van der Waals surface area contributed by atoms with Gasteiger partial charge in [-0.1, -0.05) is 13.3 Å². The van der Waals surface area contributed by atoms with Crippen LogP contribution in [-0.2, 0) is 9.53 Å². The van der Waals surface area contributed by atoms with Crippen molar-refractivity contribution >= 4 is 5.91 Å². The molecule has 0 aromatic heterocycles. The summed E-state index contributed by atoms with van der Waals surface area (Å²) in [6.07, 6.45) is 3.37. The number of hydrogen-bond acceptors (Lipinski definition) is 3. The molecule has 138 valence electrons. The number of fused-ring (bicyclic) bond motifs is 1. The van der Waals surface area contributed by atoms with Gasteiger partial charge in [0.15, 0.2) is 0 Å². The fourth-order valence-electron chi connectivity index (χ4n) is 4.63. The Morgan fingerprint density at radius 1 is 1.40 bits per heavy atom. The van der Waals surface area contributed by atoms with Crippen LogP contribution in [-0.4, -0.2) is 24.7 Å². The van der Waals surface area contributed by atoms with E-state index in [1.54, 1.807) is 19.1 Å². The molecule has 5 heteroatoms. The number of ether oxygens (including phenoxy) is 2. The van der Waals surface area contributed by atoms with Gasteiger partial charge in [-0.25, -0.2) is 4.39 Å². The lowest BCUT2D eigenvalue weighted by Gasteiger charge is -2.52. The minimum atomic E-state index is -0.383. The van der Waals surface area contributed by atoms with Gasteiger partial charge >= 0.3 is 0 Å². The fraction of sp³-hybridized carbons (Fsp3) is 0.650. The first-order chi connectivity index (χ1) is 11.8. The zero-order chi connectivity index (χ0) is 18.2. The van der Waals surface area contributed by atoms with Crippen LogP contribution in [0.5, 0.6) is 5.75 Å². The molecule has 1 N–H and O–H groups in total. The number of rotatable bonds is 3. The highest BCUT2D eigenvalue weighted by Crippen LogP contribution is 2.48. The van der Waals surface area contributed by atoms with E-state index in [-0.39, 0.29) is 35.4 Å². The molecule has 1 aliphatic carbocycles. The highest BCUT2D eigenvalue weighted by atomic mass is 19.1. The number of amides is 1. The molecule has 1 heterocycles. The van der Waals surface area contributed by atoms with Crippen LogP contribution in [0.2, 0.25) is 0 Å². The van der Waals surface area contributed by atoms with Crippen molar-refractivity contribution in [3.05, 3.63) is 29.6 Å². The van der Waals surface area contributed by atoms with Gasteiger partial charge in [-0.05, 0) is 37.8 Å². The highest BCUT2D eigenvalue weighted by molar-refractivity contribution is 5.73. The summed E-state index contributed by atoms with van der Waals surface area (Å²) in [7, 11) is 1.52. The third-order valence-corrected chi connectivity index (χ3v) is 5.84. The van der Waals surface area contributed by atoms with Crippen molar-refractivity contribution in [3.8, 4) is 5.75 Å². The van der Waals surface area contributed by atoms with Crippen LogP contribution < -0.4 is 10.1 Å². The smallest absolute Gasteiger partial charge is 0.217 e. The normalized spacial score (nSPS) is 34.9. The van der Waals surface area contributed by atoms with Crippen LogP contribution in [0.1, 0.15) is 58.1 Å². The SMILES string of the molecule is COc1ccc([C@H]2C[C@@](C)(NC(C)=O)[C@@H]3CC[C@@H](C)C[C@H]3O2)c(F)c1. The molecule has 0 radical (unpaired) electrons. The number of halogens is 1. The first-order valence-electron chi connectivity index (χ1n) is 9.10. The van der Waals surface area contributed by atoms with Crippen LogP contribution in [0.25, 0.3) is 0 Å². The predicted molar refractivity (Wildman–Crippen MR) is 93.9 cm³/mol.